The minimum Gasteiger partial charge on any atom is -0.497 e. The van der Waals surface area contributed by atoms with Crippen molar-refractivity contribution >= 4 is 23.5 Å². The molecular weight excluding hydrogens is 414 g/mol. The summed E-state index contributed by atoms with van der Waals surface area (Å²) in [6.07, 6.45) is 0.651. The molecular formula is C26H23N5O2. The van der Waals surface area contributed by atoms with E-state index < -0.39 is 0 Å². The van der Waals surface area contributed by atoms with Gasteiger partial charge in [-0.15, -0.1) is 5.10 Å². The van der Waals surface area contributed by atoms with Crippen LogP contribution in [0.4, 0.5) is 11.9 Å². The first-order valence-corrected chi connectivity index (χ1v) is 10.7. The first kappa shape index (κ1) is 20.6. The Hall–Kier alpha value is -4.26. The number of rotatable bonds is 5. The van der Waals surface area contributed by atoms with Crippen molar-refractivity contribution in [3.05, 3.63) is 101 Å². The summed E-state index contributed by atoms with van der Waals surface area (Å²) in [5.41, 5.74) is 4.66. The van der Waals surface area contributed by atoms with Gasteiger partial charge in [-0.2, -0.15) is 4.98 Å². The number of carbonyl (C=O) groups is 1. The molecule has 1 aliphatic heterocycles. The van der Waals surface area contributed by atoms with Gasteiger partial charge >= 0.3 is 0 Å². The van der Waals surface area contributed by atoms with Gasteiger partial charge in [0.05, 0.1) is 18.9 Å². The van der Waals surface area contributed by atoms with E-state index in [1.807, 2.05) is 73.7 Å². The van der Waals surface area contributed by atoms with Crippen LogP contribution in [0, 0.1) is 6.92 Å². The van der Waals surface area contributed by atoms with Gasteiger partial charge in [-0.1, -0.05) is 60.2 Å². The van der Waals surface area contributed by atoms with Crippen molar-refractivity contribution in [2.75, 3.05) is 12.4 Å². The first-order valence-electron chi connectivity index (χ1n) is 10.7. The molecule has 1 amide bonds. The Morgan fingerprint density at radius 2 is 1.73 bits per heavy atom. The number of carbonyl (C=O) groups excluding carboxylic acids is 1. The number of aryl methyl sites for hydroxylation is 1. The van der Waals surface area contributed by atoms with Gasteiger partial charge in [0.25, 0.3) is 17.8 Å². The van der Waals surface area contributed by atoms with Crippen LogP contribution >= 0.6 is 0 Å². The van der Waals surface area contributed by atoms with Crippen LogP contribution in [-0.2, 0) is 0 Å². The maximum Gasteiger partial charge on any atom is 0.258 e. The van der Waals surface area contributed by atoms with E-state index in [4.69, 9.17) is 9.73 Å². The summed E-state index contributed by atoms with van der Waals surface area (Å²) in [6.45, 7) is 1.98. The van der Waals surface area contributed by atoms with Crippen molar-refractivity contribution in [2.45, 2.75) is 19.4 Å². The summed E-state index contributed by atoms with van der Waals surface area (Å²) in [5, 5.41) is 7.41. The van der Waals surface area contributed by atoms with Crippen molar-refractivity contribution in [1.29, 1.82) is 0 Å². The van der Waals surface area contributed by atoms with Crippen LogP contribution in [0.3, 0.4) is 0 Å². The Kier molecular flexibility index (Phi) is 5.44. The number of aromatic nitrogens is 3. The predicted octanol–water partition coefficient (Wildman–Crippen LogP) is 4.96. The third-order valence-electron chi connectivity index (χ3n) is 5.68. The van der Waals surface area contributed by atoms with Crippen molar-refractivity contribution in [3.8, 4) is 5.75 Å². The lowest BCUT2D eigenvalue weighted by molar-refractivity contribution is 0.102. The molecule has 4 aromatic rings. The van der Waals surface area contributed by atoms with Crippen LogP contribution in [0.5, 0.6) is 5.75 Å². The number of hydrogen-bond donors (Lipinski definition) is 1. The molecule has 33 heavy (non-hydrogen) atoms. The lowest BCUT2D eigenvalue weighted by Gasteiger charge is -2.23. The molecule has 0 radical (unpaired) electrons. The normalized spacial score (nSPS) is 14.8. The zero-order valence-corrected chi connectivity index (χ0v) is 18.4. The molecule has 7 heteroatoms. The second kappa shape index (κ2) is 8.70. The van der Waals surface area contributed by atoms with E-state index in [9.17, 15) is 4.79 Å². The van der Waals surface area contributed by atoms with Gasteiger partial charge in [0, 0.05) is 12.0 Å². The Morgan fingerprint density at radius 3 is 2.42 bits per heavy atom. The van der Waals surface area contributed by atoms with Crippen LogP contribution in [0.1, 0.15) is 39.5 Å². The molecule has 1 atom stereocenters. The maximum absolute atomic E-state index is 12.7. The smallest absolute Gasteiger partial charge is 0.258 e. The van der Waals surface area contributed by atoms with Crippen LogP contribution in [0.25, 0.3) is 0 Å². The monoisotopic (exact) mass is 437 g/mol. The number of fused-ring (bicyclic) bond motifs is 1. The summed E-state index contributed by atoms with van der Waals surface area (Å²) >= 11 is 0. The van der Waals surface area contributed by atoms with Gasteiger partial charge in [0.2, 0.25) is 0 Å². The molecule has 2 heterocycles. The second-order valence-corrected chi connectivity index (χ2v) is 7.92. The Balaban J connectivity index is 1.51. The average Bonchev–Trinajstić information content (AvgIpc) is 3.26. The molecule has 0 saturated carbocycles. The molecule has 3 aromatic carbocycles. The Morgan fingerprint density at radius 1 is 1.00 bits per heavy atom. The summed E-state index contributed by atoms with van der Waals surface area (Å²) in [4.78, 5) is 22.0. The zero-order valence-electron chi connectivity index (χ0n) is 18.4. The highest BCUT2D eigenvalue weighted by Crippen LogP contribution is 2.34. The topological polar surface area (TPSA) is 81.4 Å². The zero-order chi connectivity index (χ0) is 22.8. The van der Waals surface area contributed by atoms with Gasteiger partial charge in [0.15, 0.2) is 0 Å². The van der Waals surface area contributed by atoms with Crippen LogP contribution < -0.4 is 10.1 Å². The summed E-state index contributed by atoms with van der Waals surface area (Å²) in [7, 11) is 1.65. The highest BCUT2D eigenvalue weighted by atomic mass is 16.5. The van der Waals surface area contributed by atoms with Crippen LogP contribution in [0.15, 0.2) is 83.9 Å². The number of amides is 1. The van der Waals surface area contributed by atoms with E-state index in [0.29, 0.717) is 17.9 Å². The third-order valence-corrected chi connectivity index (χ3v) is 5.68. The van der Waals surface area contributed by atoms with E-state index in [-0.39, 0.29) is 17.9 Å². The molecule has 0 aliphatic carbocycles. The van der Waals surface area contributed by atoms with Gasteiger partial charge in [-0.3, -0.25) is 10.1 Å². The number of aliphatic imine (C=N–C) groups is 1. The second-order valence-electron chi connectivity index (χ2n) is 7.92. The molecule has 7 nitrogen and oxygen atoms in total. The molecule has 1 unspecified atom stereocenters. The average molecular weight is 438 g/mol. The number of anilines is 1. The van der Waals surface area contributed by atoms with Crippen LogP contribution in [-0.4, -0.2) is 33.5 Å². The third kappa shape index (κ3) is 4.25. The molecule has 1 aromatic heterocycles. The summed E-state index contributed by atoms with van der Waals surface area (Å²) in [5.74, 6) is 1.22. The van der Waals surface area contributed by atoms with Crippen LogP contribution in [0.2, 0.25) is 0 Å². The quantitative estimate of drug-likeness (QED) is 0.478. The number of hydrogen-bond acceptors (Lipinski definition) is 5. The van der Waals surface area contributed by atoms with Crippen molar-refractivity contribution in [2.24, 2.45) is 4.99 Å². The Bertz CT molecular complexity index is 1310. The van der Waals surface area contributed by atoms with Gasteiger partial charge < -0.3 is 4.74 Å². The molecule has 1 aliphatic rings. The fraction of sp³-hybridized carbons (Fsp3) is 0.154. The summed E-state index contributed by atoms with van der Waals surface area (Å²) in [6, 6.07) is 25.2. The molecule has 1 N–H and O–H groups in total. The number of nitrogens with zero attached hydrogens (tertiary/aromatic N) is 4. The molecule has 0 spiro atoms. The number of nitrogens with one attached hydrogen (secondary N) is 1. The standard InChI is InChI=1S/C26H23N5O2/c1-17-8-10-20(11-9-17)24(32)28-25-29-26-27-22(18-6-4-3-5-7-18)16-23(31(26)30-25)19-12-14-21(33-2)15-13-19/h3-15,23H,16H2,1-2H3,(H,28,30,32). The molecule has 0 bridgehead atoms. The molecule has 0 saturated heterocycles. The minimum atomic E-state index is -0.258. The fourth-order valence-corrected chi connectivity index (χ4v) is 3.87. The molecule has 0 fully saturated rings. The van der Waals surface area contributed by atoms with E-state index in [2.05, 4.69) is 15.4 Å². The fourth-order valence-electron chi connectivity index (χ4n) is 3.87. The maximum atomic E-state index is 12.7. The van der Waals surface area contributed by atoms with E-state index >= 15 is 0 Å². The highest BCUT2D eigenvalue weighted by molar-refractivity contribution is 6.04. The van der Waals surface area contributed by atoms with Crippen molar-refractivity contribution < 1.29 is 9.53 Å². The molecule has 5 rings (SSSR count). The van der Waals surface area contributed by atoms with E-state index in [1.165, 1.54) is 0 Å². The van der Waals surface area contributed by atoms with Gasteiger partial charge in [-0.05, 0) is 42.3 Å². The Labute approximate surface area is 191 Å². The minimum absolute atomic E-state index is 0.115. The number of benzene rings is 3. The highest BCUT2D eigenvalue weighted by Gasteiger charge is 2.28. The number of ether oxygens (including phenoxy) is 1. The molecule has 164 valence electrons. The van der Waals surface area contributed by atoms with Crippen molar-refractivity contribution in [1.82, 2.24) is 14.8 Å². The lowest BCUT2D eigenvalue weighted by Crippen LogP contribution is -2.21. The predicted molar refractivity (Wildman–Crippen MR) is 128 cm³/mol. The summed E-state index contributed by atoms with van der Waals surface area (Å²) < 4.78 is 7.08. The SMILES string of the molecule is COc1ccc(C2CC(c3ccccc3)=Nc3nc(NC(=O)c4ccc(C)cc4)nn32)cc1. The van der Waals surface area contributed by atoms with Crippen molar-refractivity contribution in [3.63, 3.8) is 0 Å². The van der Waals surface area contributed by atoms with Gasteiger partial charge in [0.1, 0.15) is 5.75 Å². The largest absolute Gasteiger partial charge is 0.497 e. The number of methoxy groups -OCH3 is 1. The lowest BCUT2D eigenvalue weighted by atomic mass is 9.96. The van der Waals surface area contributed by atoms with E-state index in [1.54, 1.807) is 23.9 Å². The van der Waals surface area contributed by atoms with Gasteiger partial charge in [-0.25, -0.2) is 9.67 Å². The first-order chi connectivity index (χ1) is 16.1. The van der Waals surface area contributed by atoms with E-state index in [0.717, 1.165) is 28.2 Å².